The molecule has 0 saturated carbocycles. The zero-order valence-corrected chi connectivity index (χ0v) is 9.23. The number of amides is 1. The topological polar surface area (TPSA) is 44.9 Å². The highest BCUT2D eigenvalue weighted by atomic mass is 16.1. The highest BCUT2D eigenvalue weighted by Gasteiger charge is 2.22. The third kappa shape index (κ3) is 1.76. The smallest absolute Gasteiger partial charge is 0.256 e. The number of rotatable bonds is 2. The molecular formula is C14H12N2O. The Morgan fingerprint density at radius 1 is 1.12 bits per heavy atom. The van der Waals surface area contributed by atoms with E-state index in [2.05, 4.69) is 10.3 Å². The Morgan fingerprint density at radius 3 is 2.82 bits per heavy atom. The predicted molar refractivity (Wildman–Crippen MR) is 67.5 cm³/mol. The van der Waals surface area contributed by atoms with E-state index in [-0.39, 0.29) is 5.91 Å². The minimum Gasteiger partial charge on any atom is -0.365 e. The number of carbonyl (C=O) groups is 1. The van der Waals surface area contributed by atoms with Crippen LogP contribution >= 0.6 is 0 Å². The lowest BCUT2D eigenvalue weighted by atomic mass is 10.1. The minimum absolute atomic E-state index is 0.0160. The average molecular weight is 224 g/mol. The molecule has 2 aromatic rings. The summed E-state index contributed by atoms with van der Waals surface area (Å²) < 4.78 is 0. The fourth-order valence-electron chi connectivity index (χ4n) is 2.05. The first-order chi connectivity index (χ1) is 8.34. The Hall–Kier alpha value is -2.29. The van der Waals surface area contributed by atoms with Crippen LogP contribution in [0.25, 0.3) is 5.57 Å². The molecule has 1 aromatic heterocycles. The number of carbonyl (C=O) groups excluding carboxylic acids is 1. The van der Waals surface area contributed by atoms with Gasteiger partial charge in [-0.2, -0.15) is 0 Å². The largest absolute Gasteiger partial charge is 0.365 e. The number of H-pyrrole nitrogens is 1. The summed E-state index contributed by atoms with van der Waals surface area (Å²) in [5.74, 6) is -0.0160. The molecule has 2 heterocycles. The second-order valence-corrected chi connectivity index (χ2v) is 4.02. The summed E-state index contributed by atoms with van der Waals surface area (Å²) in [5, 5.41) is 2.86. The Morgan fingerprint density at radius 2 is 2.00 bits per heavy atom. The first-order valence-electron chi connectivity index (χ1n) is 5.58. The van der Waals surface area contributed by atoms with Crippen molar-refractivity contribution < 1.29 is 4.79 Å². The van der Waals surface area contributed by atoms with Crippen LogP contribution in [-0.4, -0.2) is 10.9 Å². The van der Waals surface area contributed by atoms with E-state index >= 15 is 0 Å². The summed E-state index contributed by atoms with van der Waals surface area (Å²) in [4.78, 5) is 14.9. The normalized spacial score (nSPS) is 16.0. The van der Waals surface area contributed by atoms with E-state index in [1.54, 1.807) is 0 Å². The molecule has 0 spiro atoms. The standard InChI is InChI=1S/C14H12N2O/c17-14-12(8-7-10-4-3-9-15-10)11-5-1-2-6-13(11)16-14/h1-6,8-9,15H,7H2,(H,16,17). The lowest BCUT2D eigenvalue weighted by Crippen LogP contribution is -2.03. The third-order valence-corrected chi connectivity index (χ3v) is 2.90. The van der Waals surface area contributed by atoms with E-state index in [4.69, 9.17) is 0 Å². The van der Waals surface area contributed by atoms with Gasteiger partial charge in [-0.25, -0.2) is 0 Å². The van der Waals surface area contributed by atoms with Gasteiger partial charge in [-0.15, -0.1) is 0 Å². The van der Waals surface area contributed by atoms with Gasteiger partial charge in [0.2, 0.25) is 0 Å². The van der Waals surface area contributed by atoms with Crippen molar-refractivity contribution in [3.05, 3.63) is 59.9 Å². The molecule has 1 amide bonds. The summed E-state index contributed by atoms with van der Waals surface area (Å²) in [7, 11) is 0. The van der Waals surface area contributed by atoms with Crippen molar-refractivity contribution in [1.29, 1.82) is 0 Å². The maximum Gasteiger partial charge on any atom is 0.256 e. The lowest BCUT2D eigenvalue weighted by Gasteiger charge is -1.96. The number of allylic oxidation sites excluding steroid dienone is 1. The Bertz CT molecular complexity index is 582. The van der Waals surface area contributed by atoms with Crippen LogP contribution in [0.4, 0.5) is 5.69 Å². The number of fused-ring (bicyclic) bond motifs is 1. The maximum atomic E-state index is 11.8. The Kier molecular flexibility index (Phi) is 2.29. The molecule has 17 heavy (non-hydrogen) atoms. The summed E-state index contributed by atoms with van der Waals surface area (Å²) in [6, 6.07) is 11.7. The molecule has 0 aliphatic carbocycles. The van der Waals surface area contributed by atoms with Crippen molar-refractivity contribution in [3.63, 3.8) is 0 Å². The number of benzene rings is 1. The van der Waals surface area contributed by atoms with Crippen molar-refractivity contribution in [3.8, 4) is 0 Å². The van der Waals surface area contributed by atoms with Gasteiger partial charge >= 0.3 is 0 Å². The fourth-order valence-corrected chi connectivity index (χ4v) is 2.05. The van der Waals surface area contributed by atoms with Gasteiger partial charge in [0.25, 0.3) is 5.91 Å². The SMILES string of the molecule is O=C1Nc2ccccc2C1=CCc1ccc[nH]1. The van der Waals surface area contributed by atoms with Crippen LogP contribution in [0.2, 0.25) is 0 Å². The van der Waals surface area contributed by atoms with E-state index in [9.17, 15) is 4.79 Å². The number of hydrogen-bond donors (Lipinski definition) is 2. The zero-order chi connectivity index (χ0) is 11.7. The summed E-state index contributed by atoms with van der Waals surface area (Å²) in [6.07, 6.45) is 4.59. The predicted octanol–water partition coefficient (Wildman–Crippen LogP) is 2.59. The van der Waals surface area contributed by atoms with E-state index in [1.807, 2.05) is 48.7 Å². The third-order valence-electron chi connectivity index (χ3n) is 2.90. The number of aromatic nitrogens is 1. The fraction of sp³-hybridized carbons (Fsp3) is 0.0714. The molecular weight excluding hydrogens is 212 g/mol. The summed E-state index contributed by atoms with van der Waals surface area (Å²) >= 11 is 0. The molecule has 3 rings (SSSR count). The molecule has 1 aliphatic heterocycles. The molecule has 3 heteroatoms. The monoisotopic (exact) mass is 224 g/mol. The first-order valence-corrected chi connectivity index (χ1v) is 5.58. The van der Waals surface area contributed by atoms with Crippen LogP contribution in [0.5, 0.6) is 0 Å². The Labute approximate surface area is 99.2 Å². The quantitative estimate of drug-likeness (QED) is 0.757. The zero-order valence-electron chi connectivity index (χ0n) is 9.23. The van der Waals surface area contributed by atoms with Gasteiger partial charge in [0.1, 0.15) is 0 Å². The molecule has 0 atom stereocenters. The molecule has 2 N–H and O–H groups in total. The van der Waals surface area contributed by atoms with Crippen LogP contribution in [0.15, 0.2) is 48.7 Å². The molecule has 1 aromatic carbocycles. The highest BCUT2D eigenvalue weighted by molar-refractivity contribution is 6.31. The molecule has 0 saturated heterocycles. The van der Waals surface area contributed by atoms with Gasteiger partial charge < -0.3 is 10.3 Å². The second-order valence-electron chi connectivity index (χ2n) is 4.02. The van der Waals surface area contributed by atoms with Crippen LogP contribution in [0.3, 0.4) is 0 Å². The van der Waals surface area contributed by atoms with Crippen molar-refractivity contribution in [2.45, 2.75) is 6.42 Å². The number of nitrogens with one attached hydrogen (secondary N) is 2. The van der Waals surface area contributed by atoms with Gasteiger partial charge in [0.05, 0.1) is 0 Å². The molecule has 0 radical (unpaired) electrons. The van der Waals surface area contributed by atoms with Gasteiger partial charge in [-0.3, -0.25) is 4.79 Å². The summed E-state index contributed by atoms with van der Waals surface area (Å²) in [5.41, 5.74) is 3.75. The van der Waals surface area contributed by atoms with Gasteiger partial charge in [0, 0.05) is 35.1 Å². The highest BCUT2D eigenvalue weighted by Crippen LogP contribution is 2.31. The molecule has 1 aliphatic rings. The molecule has 0 bridgehead atoms. The lowest BCUT2D eigenvalue weighted by molar-refractivity contribution is -0.110. The Balaban J connectivity index is 1.93. The number of para-hydroxylation sites is 1. The maximum absolute atomic E-state index is 11.8. The van der Waals surface area contributed by atoms with Crippen molar-refractivity contribution >= 4 is 17.2 Å². The van der Waals surface area contributed by atoms with E-state index in [1.165, 1.54) is 0 Å². The number of anilines is 1. The molecule has 0 fully saturated rings. The number of hydrogen-bond acceptors (Lipinski definition) is 1. The van der Waals surface area contributed by atoms with Crippen LogP contribution in [-0.2, 0) is 11.2 Å². The summed E-state index contributed by atoms with van der Waals surface area (Å²) in [6.45, 7) is 0. The second kappa shape index (κ2) is 3.94. The van der Waals surface area contributed by atoms with Crippen molar-refractivity contribution in [2.24, 2.45) is 0 Å². The molecule has 0 unspecified atom stereocenters. The average Bonchev–Trinajstić information content (AvgIpc) is 2.93. The van der Waals surface area contributed by atoms with E-state index < -0.39 is 0 Å². The van der Waals surface area contributed by atoms with Crippen LogP contribution in [0, 0.1) is 0 Å². The van der Waals surface area contributed by atoms with Crippen LogP contribution in [0.1, 0.15) is 11.3 Å². The molecule has 84 valence electrons. The van der Waals surface area contributed by atoms with Gasteiger partial charge in [0.15, 0.2) is 0 Å². The first kappa shape index (κ1) is 9.90. The van der Waals surface area contributed by atoms with Crippen molar-refractivity contribution in [2.75, 3.05) is 5.32 Å². The van der Waals surface area contributed by atoms with Crippen LogP contribution < -0.4 is 5.32 Å². The molecule has 3 nitrogen and oxygen atoms in total. The van der Waals surface area contributed by atoms with Gasteiger partial charge in [-0.05, 0) is 18.2 Å². The van der Waals surface area contributed by atoms with E-state index in [0.717, 1.165) is 28.9 Å². The minimum atomic E-state index is -0.0160. The number of aromatic amines is 1. The van der Waals surface area contributed by atoms with E-state index in [0.29, 0.717) is 0 Å². The van der Waals surface area contributed by atoms with Crippen molar-refractivity contribution in [1.82, 2.24) is 4.98 Å². The van der Waals surface area contributed by atoms with Gasteiger partial charge in [-0.1, -0.05) is 24.3 Å².